The molecule has 1 unspecified atom stereocenters. The Kier molecular flexibility index (Phi) is 5.75. The number of hydrogen-bond donors (Lipinski definition) is 1. The highest BCUT2D eigenvalue weighted by Gasteiger charge is 2.20. The lowest BCUT2D eigenvalue weighted by molar-refractivity contribution is -0.138. The normalized spacial score (nSPS) is 18.3. The Morgan fingerprint density at radius 2 is 2.10 bits per heavy atom. The van der Waals surface area contributed by atoms with Crippen molar-refractivity contribution in [1.29, 1.82) is 0 Å². The van der Waals surface area contributed by atoms with Crippen molar-refractivity contribution < 1.29 is 14.3 Å². The third-order valence-corrected chi connectivity index (χ3v) is 3.48. The number of morpholine rings is 1. The van der Waals surface area contributed by atoms with Gasteiger partial charge in [0.15, 0.2) is 0 Å². The van der Waals surface area contributed by atoms with Crippen molar-refractivity contribution in [3.8, 4) is 0 Å². The maximum atomic E-state index is 12.0. The zero-order valence-corrected chi connectivity index (χ0v) is 12.4. The summed E-state index contributed by atoms with van der Waals surface area (Å²) in [6, 6.07) is 9.08. The first-order chi connectivity index (χ1) is 10.2. The first-order valence-electron chi connectivity index (χ1n) is 7.39. The van der Waals surface area contributed by atoms with Crippen molar-refractivity contribution >= 4 is 11.8 Å². The van der Waals surface area contributed by atoms with E-state index in [9.17, 15) is 9.59 Å². The van der Waals surface area contributed by atoms with Crippen molar-refractivity contribution in [2.45, 2.75) is 25.9 Å². The smallest absolute Gasteiger partial charge is 0.251 e. The molecular weight excluding hydrogens is 268 g/mol. The average molecular weight is 290 g/mol. The maximum absolute atomic E-state index is 12.0. The third kappa shape index (κ3) is 4.86. The van der Waals surface area contributed by atoms with Crippen LogP contribution >= 0.6 is 0 Å². The van der Waals surface area contributed by atoms with Gasteiger partial charge in [0.05, 0.1) is 12.7 Å². The highest BCUT2D eigenvalue weighted by Crippen LogP contribution is 2.07. The topological polar surface area (TPSA) is 58.6 Å². The quantitative estimate of drug-likeness (QED) is 0.835. The predicted molar refractivity (Wildman–Crippen MR) is 80.0 cm³/mol. The van der Waals surface area contributed by atoms with Crippen molar-refractivity contribution in [3.63, 3.8) is 0 Å². The van der Waals surface area contributed by atoms with E-state index in [-0.39, 0.29) is 17.9 Å². The van der Waals surface area contributed by atoms with Gasteiger partial charge in [0.2, 0.25) is 5.91 Å². The summed E-state index contributed by atoms with van der Waals surface area (Å²) in [5.74, 6) is 0.0437. The summed E-state index contributed by atoms with van der Waals surface area (Å²) in [6.45, 7) is 4.42. The summed E-state index contributed by atoms with van der Waals surface area (Å²) in [5.41, 5.74) is 0.644. The van der Waals surface area contributed by atoms with Crippen LogP contribution in [-0.2, 0) is 9.53 Å². The Bertz CT molecular complexity index is 476. The minimum atomic E-state index is -0.0944. The molecule has 1 heterocycles. The minimum Gasteiger partial charge on any atom is -0.375 e. The summed E-state index contributed by atoms with van der Waals surface area (Å²) >= 11 is 0. The van der Waals surface area contributed by atoms with Crippen molar-refractivity contribution in [2.75, 3.05) is 26.2 Å². The first-order valence-corrected chi connectivity index (χ1v) is 7.39. The number of carbonyl (C=O) groups is 2. The molecule has 0 spiro atoms. The average Bonchev–Trinajstić information content (AvgIpc) is 2.52. The van der Waals surface area contributed by atoms with Gasteiger partial charge >= 0.3 is 0 Å². The zero-order chi connectivity index (χ0) is 15.1. The van der Waals surface area contributed by atoms with Gasteiger partial charge in [0.25, 0.3) is 5.91 Å². The molecule has 0 aromatic heterocycles. The Morgan fingerprint density at radius 1 is 1.33 bits per heavy atom. The van der Waals surface area contributed by atoms with Crippen molar-refractivity contribution in [3.05, 3.63) is 35.9 Å². The number of benzene rings is 1. The molecule has 21 heavy (non-hydrogen) atoms. The molecule has 0 radical (unpaired) electrons. The zero-order valence-electron chi connectivity index (χ0n) is 12.4. The number of amides is 2. The summed E-state index contributed by atoms with van der Waals surface area (Å²) < 4.78 is 5.41. The molecule has 1 aliphatic heterocycles. The summed E-state index contributed by atoms with van der Waals surface area (Å²) in [5, 5.41) is 2.83. The van der Waals surface area contributed by atoms with Crippen molar-refractivity contribution in [1.82, 2.24) is 10.2 Å². The van der Waals surface area contributed by atoms with E-state index in [0.29, 0.717) is 44.6 Å². The van der Waals surface area contributed by atoms with Crippen LogP contribution in [0, 0.1) is 0 Å². The molecule has 5 heteroatoms. The van der Waals surface area contributed by atoms with Crippen LogP contribution < -0.4 is 5.32 Å². The summed E-state index contributed by atoms with van der Waals surface area (Å²) in [7, 11) is 0. The second-order valence-electron chi connectivity index (χ2n) is 5.25. The van der Waals surface area contributed by atoms with Crippen LogP contribution in [0.4, 0.5) is 0 Å². The molecule has 5 nitrogen and oxygen atoms in total. The van der Waals surface area contributed by atoms with Gasteiger partial charge in [-0.1, -0.05) is 18.2 Å². The van der Waals surface area contributed by atoms with Crippen LogP contribution in [0.15, 0.2) is 30.3 Å². The fourth-order valence-corrected chi connectivity index (χ4v) is 2.34. The molecule has 1 fully saturated rings. The van der Waals surface area contributed by atoms with Gasteiger partial charge < -0.3 is 15.0 Å². The van der Waals surface area contributed by atoms with Crippen LogP contribution in [0.1, 0.15) is 30.1 Å². The third-order valence-electron chi connectivity index (χ3n) is 3.48. The standard InChI is InChI=1S/C16H22N2O3/c1-13-12-18(10-11-21-13)15(19)8-5-9-17-16(20)14-6-3-2-4-7-14/h2-4,6-7,13H,5,8-12H2,1H3,(H,17,20). The van der Waals surface area contributed by atoms with E-state index >= 15 is 0 Å². The predicted octanol–water partition coefficient (Wildman–Crippen LogP) is 1.44. The minimum absolute atomic E-state index is 0.0944. The molecule has 0 aliphatic carbocycles. The molecule has 1 atom stereocenters. The van der Waals surface area contributed by atoms with Crippen molar-refractivity contribution in [2.24, 2.45) is 0 Å². The van der Waals surface area contributed by atoms with Gasteiger partial charge in [-0.3, -0.25) is 9.59 Å². The molecule has 0 saturated carbocycles. The van der Waals surface area contributed by atoms with E-state index < -0.39 is 0 Å². The number of carbonyl (C=O) groups excluding carboxylic acids is 2. The number of nitrogens with zero attached hydrogens (tertiary/aromatic N) is 1. The Hall–Kier alpha value is -1.88. The van der Waals surface area contributed by atoms with Gasteiger partial charge in [-0.05, 0) is 25.5 Å². The van der Waals surface area contributed by atoms with Crippen LogP contribution in [0.25, 0.3) is 0 Å². The fourth-order valence-electron chi connectivity index (χ4n) is 2.34. The molecule has 1 aromatic rings. The van der Waals surface area contributed by atoms with Crippen LogP contribution in [0.5, 0.6) is 0 Å². The lowest BCUT2D eigenvalue weighted by atomic mass is 10.2. The maximum Gasteiger partial charge on any atom is 0.251 e. The number of hydrogen-bond acceptors (Lipinski definition) is 3. The highest BCUT2D eigenvalue weighted by atomic mass is 16.5. The van der Waals surface area contributed by atoms with E-state index in [1.807, 2.05) is 30.0 Å². The Balaban J connectivity index is 1.65. The van der Waals surface area contributed by atoms with Crippen LogP contribution in [-0.4, -0.2) is 49.1 Å². The molecular formula is C16H22N2O3. The molecule has 1 N–H and O–H groups in total. The molecule has 2 rings (SSSR count). The van der Waals surface area contributed by atoms with Gasteiger partial charge in [-0.15, -0.1) is 0 Å². The number of rotatable bonds is 5. The summed E-state index contributed by atoms with van der Waals surface area (Å²) in [6.07, 6.45) is 1.23. The van der Waals surface area contributed by atoms with Crippen LogP contribution in [0.2, 0.25) is 0 Å². The SMILES string of the molecule is CC1CN(C(=O)CCCNC(=O)c2ccccc2)CCO1. The number of nitrogens with one attached hydrogen (secondary N) is 1. The lowest BCUT2D eigenvalue weighted by Crippen LogP contribution is -2.44. The van der Waals surface area contributed by atoms with E-state index in [2.05, 4.69) is 5.32 Å². The molecule has 1 saturated heterocycles. The van der Waals surface area contributed by atoms with Gasteiger partial charge in [0, 0.05) is 31.6 Å². The van der Waals surface area contributed by atoms with Gasteiger partial charge in [0.1, 0.15) is 0 Å². The van der Waals surface area contributed by atoms with E-state index in [1.54, 1.807) is 12.1 Å². The summed E-state index contributed by atoms with van der Waals surface area (Å²) in [4.78, 5) is 25.7. The lowest BCUT2D eigenvalue weighted by Gasteiger charge is -2.31. The molecule has 114 valence electrons. The molecule has 1 aromatic carbocycles. The Morgan fingerprint density at radius 3 is 2.81 bits per heavy atom. The molecule has 0 bridgehead atoms. The number of ether oxygens (including phenoxy) is 1. The fraction of sp³-hybridized carbons (Fsp3) is 0.500. The first kappa shape index (κ1) is 15.5. The van der Waals surface area contributed by atoms with Gasteiger partial charge in [-0.25, -0.2) is 0 Å². The second kappa shape index (κ2) is 7.78. The van der Waals surface area contributed by atoms with E-state index in [0.717, 1.165) is 0 Å². The van der Waals surface area contributed by atoms with Crippen LogP contribution in [0.3, 0.4) is 0 Å². The largest absolute Gasteiger partial charge is 0.375 e. The molecule has 1 aliphatic rings. The second-order valence-corrected chi connectivity index (χ2v) is 5.25. The molecule has 2 amide bonds. The Labute approximate surface area is 125 Å². The van der Waals surface area contributed by atoms with Gasteiger partial charge in [-0.2, -0.15) is 0 Å². The van der Waals surface area contributed by atoms with E-state index in [4.69, 9.17) is 4.74 Å². The monoisotopic (exact) mass is 290 g/mol. The highest BCUT2D eigenvalue weighted by molar-refractivity contribution is 5.94. The van der Waals surface area contributed by atoms with E-state index in [1.165, 1.54) is 0 Å².